The lowest BCUT2D eigenvalue weighted by Crippen LogP contribution is -2.25. The SMILES string of the molecule is CN(CC(F)F)c1ccc(CC(=O)OC(C)(C)C)cn1. The standard InChI is InChI=1S/C14H20F2N2O2/c1-14(2,3)20-13(19)7-10-5-6-12(17-8-10)18(4)9-11(15)16/h5-6,8,11H,7,9H2,1-4H3. The molecule has 0 aromatic carbocycles. The minimum atomic E-state index is -2.41. The zero-order chi connectivity index (χ0) is 15.3. The van der Waals surface area contributed by atoms with Crippen molar-refractivity contribution >= 4 is 11.8 Å². The second kappa shape index (κ2) is 6.63. The fourth-order valence-electron chi connectivity index (χ4n) is 1.59. The van der Waals surface area contributed by atoms with Gasteiger partial charge in [0.2, 0.25) is 0 Å². The van der Waals surface area contributed by atoms with E-state index in [2.05, 4.69) is 4.98 Å². The Morgan fingerprint density at radius 1 is 1.40 bits per heavy atom. The molecule has 1 aromatic rings. The van der Waals surface area contributed by atoms with Gasteiger partial charge in [0, 0.05) is 13.2 Å². The van der Waals surface area contributed by atoms with E-state index in [1.807, 2.05) is 0 Å². The number of hydrogen-bond acceptors (Lipinski definition) is 4. The zero-order valence-electron chi connectivity index (χ0n) is 12.2. The number of hydrogen-bond donors (Lipinski definition) is 0. The van der Waals surface area contributed by atoms with Crippen molar-refractivity contribution in [3.63, 3.8) is 0 Å². The number of rotatable bonds is 5. The Morgan fingerprint density at radius 2 is 2.05 bits per heavy atom. The van der Waals surface area contributed by atoms with E-state index in [-0.39, 0.29) is 18.9 Å². The Balaban J connectivity index is 2.61. The molecule has 0 spiro atoms. The molecule has 112 valence electrons. The van der Waals surface area contributed by atoms with Crippen molar-refractivity contribution in [3.8, 4) is 0 Å². The van der Waals surface area contributed by atoms with Crippen LogP contribution in [0, 0.1) is 0 Å². The quantitative estimate of drug-likeness (QED) is 0.780. The molecule has 4 nitrogen and oxygen atoms in total. The van der Waals surface area contributed by atoms with Crippen LogP contribution in [0.1, 0.15) is 26.3 Å². The van der Waals surface area contributed by atoms with Gasteiger partial charge in [-0.2, -0.15) is 0 Å². The summed E-state index contributed by atoms with van der Waals surface area (Å²) in [5.74, 6) is 0.103. The molecule has 0 saturated heterocycles. The van der Waals surface area contributed by atoms with E-state index in [4.69, 9.17) is 4.74 Å². The van der Waals surface area contributed by atoms with Crippen LogP contribution in [0.15, 0.2) is 18.3 Å². The van der Waals surface area contributed by atoms with Crippen LogP contribution in [0.3, 0.4) is 0 Å². The van der Waals surface area contributed by atoms with Crippen molar-refractivity contribution in [1.29, 1.82) is 0 Å². The van der Waals surface area contributed by atoms with Crippen molar-refractivity contribution in [2.24, 2.45) is 0 Å². The van der Waals surface area contributed by atoms with Crippen molar-refractivity contribution in [2.45, 2.75) is 39.2 Å². The van der Waals surface area contributed by atoms with Crippen LogP contribution in [-0.2, 0) is 16.0 Å². The summed E-state index contributed by atoms with van der Waals surface area (Å²) >= 11 is 0. The first-order chi connectivity index (χ1) is 9.17. The average Bonchev–Trinajstić information content (AvgIpc) is 2.26. The van der Waals surface area contributed by atoms with Gasteiger partial charge in [-0.1, -0.05) is 6.07 Å². The third kappa shape index (κ3) is 5.95. The minimum absolute atomic E-state index is 0.114. The maximum absolute atomic E-state index is 12.2. The summed E-state index contributed by atoms with van der Waals surface area (Å²) < 4.78 is 29.7. The predicted octanol–water partition coefficient (Wildman–Crippen LogP) is 2.67. The number of pyridine rings is 1. The Bertz CT molecular complexity index is 441. The molecular formula is C14H20F2N2O2. The molecular weight excluding hydrogens is 266 g/mol. The van der Waals surface area contributed by atoms with E-state index in [0.29, 0.717) is 11.4 Å². The van der Waals surface area contributed by atoms with Crippen LogP contribution in [-0.4, -0.2) is 36.6 Å². The number of alkyl halides is 2. The largest absolute Gasteiger partial charge is 0.460 e. The highest BCUT2D eigenvalue weighted by Gasteiger charge is 2.17. The number of carbonyl (C=O) groups excluding carboxylic acids is 1. The summed E-state index contributed by atoms with van der Waals surface area (Å²) in [6, 6.07) is 3.30. The summed E-state index contributed by atoms with van der Waals surface area (Å²) in [5, 5.41) is 0. The lowest BCUT2D eigenvalue weighted by atomic mass is 10.1. The van der Waals surface area contributed by atoms with Gasteiger partial charge in [0.25, 0.3) is 6.43 Å². The summed E-state index contributed by atoms with van der Waals surface area (Å²) in [5.41, 5.74) is 0.163. The lowest BCUT2D eigenvalue weighted by molar-refractivity contribution is -0.153. The van der Waals surface area contributed by atoms with Crippen LogP contribution in [0.5, 0.6) is 0 Å². The van der Waals surface area contributed by atoms with Crippen molar-refractivity contribution in [2.75, 3.05) is 18.5 Å². The van der Waals surface area contributed by atoms with Crippen LogP contribution in [0.4, 0.5) is 14.6 Å². The molecule has 0 radical (unpaired) electrons. The van der Waals surface area contributed by atoms with Crippen molar-refractivity contribution < 1.29 is 18.3 Å². The smallest absolute Gasteiger partial charge is 0.310 e. The number of ether oxygens (including phenoxy) is 1. The molecule has 1 aromatic heterocycles. The average molecular weight is 286 g/mol. The number of nitrogens with zero attached hydrogens (tertiary/aromatic N) is 2. The lowest BCUT2D eigenvalue weighted by Gasteiger charge is -2.20. The number of esters is 1. The Kier molecular flexibility index (Phi) is 5.42. The van der Waals surface area contributed by atoms with Gasteiger partial charge < -0.3 is 9.64 Å². The second-order valence-electron chi connectivity index (χ2n) is 5.56. The number of carbonyl (C=O) groups is 1. The van der Waals surface area contributed by atoms with Gasteiger partial charge in [0.1, 0.15) is 11.4 Å². The van der Waals surface area contributed by atoms with Crippen LogP contribution in [0.2, 0.25) is 0 Å². The summed E-state index contributed by atoms with van der Waals surface area (Å²) in [6.07, 6.45) is -0.798. The molecule has 0 aliphatic carbocycles. The Labute approximate surface area is 117 Å². The van der Waals surface area contributed by atoms with E-state index in [1.165, 1.54) is 11.1 Å². The van der Waals surface area contributed by atoms with E-state index in [0.717, 1.165) is 0 Å². The summed E-state index contributed by atoms with van der Waals surface area (Å²) in [6.45, 7) is 5.01. The predicted molar refractivity (Wildman–Crippen MR) is 73.1 cm³/mol. The molecule has 0 fully saturated rings. The number of halogens is 2. The third-order valence-electron chi connectivity index (χ3n) is 2.38. The van der Waals surface area contributed by atoms with Gasteiger partial charge in [-0.15, -0.1) is 0 Å². The van der Waals surface area contributed by atoms with E-state index in [1.54, 1.807) is 40.0 Å². The molecule has 0 unspecified atom stereocenters. The van der Waals surface area contributed by atoms with Gasteiger partial charge in [-0.05, 0) is 32.4 Å². The molecule has 20 heavy (non-hydrogen) atoms. The number of anilines is 1. The molecule has 0 aliphatic heterocycles. The number of aromatic nitrogens is 1. The van der Waals surface area contributed by atoms with Crippen molar-refractivity contribution in [1.82, 2.24) is 4.98 Å². The second-order valence-corrected chi connectivity index (χ2v) is 5.56. The maximum Gasteiger partial charge on any atom is 0.310 e. The molecule has 0 amide bonds. The first kappa shape index (κ1) is 16.3. The summed E-state index contributed by atoms with van der Waals surface area (Å²) in [4.78, 5) is 17.1. The zero-order valence-corrected chi connectivity index (χ0v) is 12.2. The highest BCUT2D eigenvalue weighted by Crippen LogP contribution is 2.13. The van der Waals surface area contributed by atoms with E-state index < -0.39 is 12.0 Å². The topological polar surface area (TPSA) is 42.4 Å². The van der Waals surface area contributed by atoms with E-state index in [9.17, 15) is 13.6 Å². The van der Waals surface area contributed by atoms with Crippen LogP contribution >= 0.6 is 0 Å². The van der Waals surface area contributed by atoms with Gasteiger partial charge in [-0.25, -0.2) is 13.8 Å². The fraction of sp³-hybridized carbons (Fsp3) is 0.571. The van der Waals surface area contributed by atoms with Gasteiger partial charge in [0.15, 0.2) is 0 Å². The van der Waals surface area contributed by atoms with Gasteiger partial charge >= 0.3 is 5.97 Å². The molecule has 0 saturated carbocycles. The highest BCUT2D eigenvalue weighted by atomic mass is 19.3. The van der Waals surface area contributed by atoms with Crippen LogP contribution in [0.25, 0.3) is 0 Å². The molecule has 1 rings (SSSR count). The Hall–Kier alpha value is -1.72. The van der Waals surface area contributed by atoms with Crippen molar-refractivity contribution in [3.05, 3.63) is 23.9 Å². The molecule has 0 bridgehead atoms. The van der Waals surface area contributed by atoms with Crippen LogP contribution < -0.4 is 4.90 Å². The van der Waals surface area contributed by atoms with E-state index >= 15 is 0 Å². The molecule has 0 atom stereocenters. The molecule has 0 N–H and O–H groups in total. The Morgan fingerprint density at radius 3 is 2.50 bits per heavy atom. The molecule has 0 aliphatic rings. The van der Waals surface area contributed by atoms with Gasteiger partial charge in [-0.3, -0.25) is 4.79 Å². The van der Waals surface area contributed by atoms with Gasteiger partial charge in [0.05, 0.1) is 13.0 Å². The highest BCUT2D eigenvalue weighted by molar-refractivity contribution is 5.73. The first-order valence-corrected chi connectivity index (χ1v) is 6.33. The first-order valence-electron chi connectivity index (χ1n) is 6.33. The minimum Gasteiger partial charge on any atom is -0.460 e. The maximum atomic E-state index is 12.2. The fourth-order valence-corrected chi connectivity index (χ4v) is 1.59. The summed E-state index contributed by atoms with van der Waals surface area (Å²) in [7, 11) is 1.54. The third-order valence-corrected chi connectivity index (χ3v) is 2.38. The molecule has 6 heteroatoms. The monoisotopic (exact) mass is 286 g/mol. The normalized spacial score (nSPS) is 11.6. The molecule has 1 heterocycles.